The number of amides is 1. The van der Waals surface area contributed by atoms with Crippen molar-refractivity contribution in [2.75, 3.05) is 13.1 Å². The molecule has 3 nitrogen and oxygen atoms in total. The van der Waals surface area contributed by atoms with Crippen LogP contribution in [0.4, 0.5) is 0 Å². The number of hydrogen-bond donors (Lipinski definition) is 1. The molecule has 2 aromatic carbocycles. The van der Waals surface area contributed by atoms with Crippen LogP contribution in [0.15, 0.2) is 60.8 Å². The lowest BCUT2D eigenvalue weighted by molar-refractivity contribution is -0.133. The molecule has 0 bridgehead atoms. The molecule has 2 heterocycles. The third-order valence-electron chi connectivity index (χ3n) is 6.20. The van der Waals surface area contributed by atoms with E-state index in [0.717, 1.165) is 38.8 Å². The molecule has 1 unspecified atom stereocenters. The van der Waals surface area contributed by atoms with Crippen LogP contribution < -0.4 is 0 Å². The molecule has 1 N–H and O–H groups in total. The fraction of sp³-hybridized carbons (Fsp3) is 0.400. The molecular formula is C25H30N2O. The van der Waals surface area contributed by atoms with Crippen LogP contribution in [0.3, 0.4) is 0 Å². The van der Waals surface area contributed by atoms with E-state index in [1.165, 1.54) is 22.0 Å². The topological polar surface area (TPSA) is 36.1 Å². The molecule has 1 aromatic heterocycles. The second-order valence-electron chi connectivity index (χ2n) is 8.28. The van der Waals surface area contributed by atoms with Crippen LogP contribution in [0.2, 0.25) is 0 Å². The number of likely N-dealkylation sites (tertiary alicyclic amines) is 1. The summed E-state index contributed by atoms with van der Waals surface area (Å²) in [5.74, 6) is 1.31. The minimum Gasteiger partial charge on any atom is -0.361 e. The van der Waals surface area contributed by atoms with Gasteiger partial charge in [0.05, 0.1) is 0 Å². The Kier molecular flexibility index (Phi) is 5.80. The Balaban J connectivity index is 1.27. The molecule has 4 rings (SSSR count). The number of aryl methyl sites for hydroxylation is 1. The highest BCUT2D eigenvalue weighted by molar-refractivity contribution is 5.83. The molecule has 1 saturated heterocycles. The second-order valence-corrected chi connectivity index (χ2v) is 8.28. The summed E-state index contributed by atoms with van der Waals surface area (Å²) in [6.07, 6.45) is 7.08. The summed E-state index contributed by atoms with van der Waals surface area (Å²) in [7, 11) is 0. The number of nitrogens with zero attached hydrogens (tertiary/aromatic N) is 1. The minimum atomic E-state index is 0.331. The average Bonchev–Trinajstić information content (AvgIpc) is 3.17. The van der Waals surface area contributed by atoms with E-state index in [-0.39, 0.29) is 0 Å². The quantitative estimate of drug-likeness (QED) is 0.605. The molecule has 0 saturated carbocycles. The largest absolute Gasteiger partial charge is 0.361 e. The molecule has 0 radical (unpaired) electrons. The van der Waals surface area contributed by atoms with E-state index in [1.807, 2.05) is 0 Å². The summed E-state index contributed by atoms with van der Waals surface area (Å²) in [5.41, 5.74) is 3.99. The van der Waals surface area contributed by atoms with Crippen molar-refractivity contribution in [2.45, 2.75) is 44.9 Å². The monoisotopic (exact) mass is 374 g/mol. The first-order chi connectivity index (χ1) is 13.7. The standard InChI is InChI=1S/C25H30N2O/c1-19(11-12-20-7-3-2-4-8-20)17-25(28)27-15-13-21(14-16-27)23-18-26-24-10-6-5-9-22(23)24/h2-10,18-19,21,26H,11-17H2,1H3. The first-order valence-electron chi connectivity index (χ1n) is 10.6. The predicted octanol–water partition coefficient (Wildman–Crippen LogP) is 5.53. The van der Waals surface area contributed by atoms with Crippen molar-refractivity contribution in [1.82, 2.24) is 9.88 Å². The molecule has 1 amide bonds. The number of piperidine rings is 1. The second kappa shape index (κ2) is 8.64. The van der Waals surface area contributed by atoms with Gasteiger partial charge >= 0.3 is 0 Å². The van der Waals surface area contributed by atoms with E-state index in [9.17, 15) is 4.79 Å². The van der Waals surface area contributed by atoms with E-state index < -0.39 is 0 Å². The minimum absolute atomic E-state index is 0.331. The van der Waals surface area contributed by atoms with Gasteiger partial charge in [-0.1, -0.05) is 55.5 Å². The van der Waals surface area contributed by atoms with Crippen LogP contribution in [0, 0.1) is 5.92 Å². The Labute approximate surface area is 167 Å². The third-order valence-corrected chi connectivity index (χ3v) is 6.20. The van der Waals surface area contributed by atoms with Crippen LogP contribution >= 0.6 is 0 Å². The summed E-state index contributed by atoms with van der Waals surface area (Å²) in [6.45, 7) is 3.97. The number of nitrogens with one attached hydrogen (secondary N) is 1. The van der Waals surface area contributed by atoms with Gasteiger partial charge < -0.3 is 9.88 Å². The molecule has 1 aliphatic rings. The van der Waals surface area contributed by atoms with Gasteiger partial charge in [0.2, 0.25) is 5.91 Å². The van der Waals surface area contributed by atoms with Gasteiger partial charge in [-0.05, 0) is 54.7 Å². The zero-order valence-electron chi connectivity index (χ0n) is 16.7. The van der Waals surface area contributed by atoms with Crippen LogP contribution in [-0.2, 0) is 11.2 Å². The number of fused-ring (bicyclic) bond motifs is 1. The summed E-state index contributed by atoms with van der Waals surface area (Å²) in [5, 5.41) is 1.34. The normalized spacial score (nSPS) is 16.4. The summed E-state index contributed by atoms with van der Waals surface area (Å²) < 4.78 is 0. The number of H-pyrrole nitrogens is 1. The molecule has 0 spiro atoms. The Morgan fingerprint density at radius 2 is 1.79 bits per heavy atom. The zero-order chi connectivity index (χ0) is 19.3. The highest BCUT2D eigenvalue weighted by Crippen LogP contribution is 2.33. The number of carbonyl (C=O) groups excluding carboxylic acids is 1. The lowest BCUT2D eigenvalue weighted by atomic mass is 9.88. The van der Waals surface area contributed by atoms with Crippen molar-refractivity contribution >= 4 is 16.8 Å². The Bertz CT molecular complexity index is 906. The van der Waals surface area contributed by atoms with Gasteiger partial charge in [0.1, 0.15) is 0 Å². The number of hydrogen-bond acceptors (Lipinski definition) is 1. The molecule has 0 aliphatic carbocycles. The van der Waals surface area contributed by atoms with Crippen molar-refractivity contribution < 1.29 is 4.79 Å². The summed E-state index contributed by atoms with van der Waals surface area (Å²) in [4.78, 5) is 18.2. The lowest BCUT2D eigenvalue weighted by Crippen LogP contribution is -2.38. The highest BCUT2D eigenvalue weighted by Gasteiger charge is 2.26. The maximum atomic E-state index is 12.7. The van der Waals surface area contributed by atoms with E-state index in [4.69, 9.17) is 0 Å². The average molecular weight is 375 g/mol. The van der Waals surface area contributed by atoms with Gasteiger partial charge in [-0.25, -0.2) is 0 Å². The van der Waals surface area contributed by atoms with E-state index in [1.54, 1.807) is 0 Å². The number of aromatic amines is 1. The SMILES string of the molecule is CC(CCc1ccccc1)CC(=O)N1CCC(c2c[nH]c3ccccc23)CC1. The molecule has 146 valence electrons. The maximum absolute atomic E-state index is 12.7. The third kappa shape index (κ3) is 4.30. The van der Waals surface area contributed by atoms with Crippen molar-refractivity contribution in [3.05, 3.63) is 71.9 Å². The number of rotatable bonds is 6. The molecule has 3 aromatic rings. The van der Waals surface area contributed by atoms with Gasteiger partial charge in [0.25, 0.3) is 0 Å². The number of benzene rings is 2. The Hall–Kier alpha value is -2.55. The number of para-hydroxylation sites is 1. The van der Waals surface area contributed by atoms with Crippen molar-refractivity contribution in [2.24, 2.45) is 5.92 Å². The highest BCUT2D eigenvalue weighted by atomic mass is 16.2. The van der Waals surface area contributed by atoms with Crippen LogP contribution in [0.5, 0.6) is 0 Å². The first-order valence-corrected chi connectivity index (χ1v) is 10.6. The fourth-order valence-electron chi connectivity index (χ4n) is 4.46. The molecular weight excluding hydrogens is 344 g/mol. The predicted molar refractivity (Wildman–Crippen MR) is 115 cm³/mol. The van der Waals surface area contributed by atoms with Crippen LogP contribution in [0.25, 0.3) is 10.9 Å². The molecule has 1 aliphatic heterocycles. The molecule has 1 fully saturated rings. The van der Waals surface area contributed by atoms with Gasteiger partial charge in [-0.3, -0.25) is 4.79 Å². The van der Waals surface area contributed by atoms with Crippen LogP contribution in [0.1, 0.15) is 49.7 Å². The number of carbonyl (C=O) groups is 1. The van der Waals surface area contributed by atoms with Crippen molar-refractivity contribution in [1.29, 1.82) is 0 Å². The maximum Gasteiger partial charge on any atom is 0.222 e. The van der Waals surface area contributed by atoms with Crippen LogP contribution in [-0.4, -0.2) is 28.9 Å². The smallest absolute Gasteiger partial charge is 0.222 e. The molecule has 3 heteroatoms. The lowest BCUT2D eigenvalue weighted by Gasteiger charge is -2.32. The van der Waals surface area contributed by atoms with Crippen molar-refractivity contribution in [3.8, 4) is 0 Å². The molecule has 1 atom stereocenters. The molecule has 28 heavy (non-hydrogen) atoms. The fourth-order valence-corrected chi connectivity index (χ4v) is 4.46. The Morgan fingerprint density at radius 1 is 1.07 bits per heavy atom. The summed E-state index contributed by atoms with van der Waals surface area (Å²) >= 11 is 0. The van der Waals surface area contributed by atoms with Gasteiger partial charge in [0, 0.05) is 36.6 Å². The summed E-state index contributed by atoms with van der Waals surface area (Å²) in [6, 6.07) is 19.1. The van der Waals surface area contributed by atoms with Gasteiger partial charge in [-0.15, -0.1) is 0 Å². The van der Waals surface area contributed by atoms with Gasteiger partial charge in [-0.2, -0.15) is 0 Å². The number of aromatic nitrogens is 1. The van der Waals surface area contributed by atoms with E-state index in [0.29, 0.717) is 24.2 Å². The van der Waals surface area contributed by atoms with Gasteiger partial charge in [0.15, 0.2) is 0 Å². The first kappa shape index (κ1) is 18.8. The zero-order valence-corrected chi connectivity index (χ0v) is 16.7. The van der Waals surface area contributed by atoms with E-state index in [2.05, 4.69) is 77.6 Å². The van der Waals surface area contributed by atoms with Crippen molar-refractivity contribution in [3.63, 3.8) is 0 Å². The Morgan fingerprint density at radius 3 is 2.57 bits per heavy atom. The van der Waals surface area contributed by atoms with E-state index >= 15 is 0 Å².